The molecule has 1 aliphatic rings. The van der Waals surface area contributed by atoms with Gasteiger partial charge in [-0.3, -0.25) is 9.20 Å². The predicted octanol–water partition coefficient (Wildman–Crippen LogP) is 2.34. The van der Waals surface area contributed by atoms with E-state index in [-0.39, 0.29) is 17.4 Å². The van der Waals surface area contributed by atoms with Crippen molar-refractivity contribution in [2.24, 2.45) is 5.41 Å². The van der Waals surface area contributed by atoms with Crippen LogP contribution in [-0.4, -0.2) is 60.5 Å². The molecule has 0 saturated heterocycles. The van der Waals surface area contributed by atoms with E-state index in [1.807, 2.05) is 42.0 Å². The zero-order chi connectivity index (χ0) is 20.2. The number of amides is 1. The van der Waals surface area contributed by atoms with Crippen LogP contribution >= 0.6 is 0 Å². The molecule has 9 heteroatoms. The number of H-pyrrole nitrogens is 1. The van der Waals surface area contributed by atoms with Crippen molar-refractivity contribution >= 4 is 28.5 Å². The Morgan fingerprint density at radius 3 is 2.97 bits per heavy atom. The van der Waals surface area contributed by atoms with E-state index in [0.717, 1.165) is 40.6 Å². The van der Waals surface area contributed by atoms with E-state index in [0.29, 0.717) is 5.95 Å². The molecule has 9 nitrogen and oxygen atoms in total. The number of anilines is 1. The van der Waals surface area contributed by atoms with E-state index in [1.165, 1.54) is 0 Å². The molecule has 4 heterocycles. The van der Waals surface area contributed by atoms with Crippen LogP contribution in [-0.2, 0) is 4.79 Å². The molecular weight excluding hydrogens is 368 g/mol. The number of pyridine rings is 1. The van der Waals surface area contributed by atoms with Crippen molar-refractivity contribution in [2.45, 2.75) is 25.8 Å². The van der Waals surface area contributed by atoms with E-state index in [1.54, 1.807) is 25.3 Å². The van der Waals surface area contributed by atoms with E-state index < -0.39 is 0 Å². The molecule has 0 unspecified atom stereocenters. The van der Waals surface area contributed by atoms with E-state index >= 15 is 0 Å². The van der Waals surface area contributed by atoms with Crippen molar-refractivity contribution in [1.82, 2.24) is 34.4 Å². The Hall–Kier alpha value is -3.49. The lowest BCUT2D eigenvalue weighted by Crippen LogP contribution is -2.52. The van der Waals surface area contributed by atoms with Crippen LogP contribution in [0.1, 0.15) is 19.8 Å². The number of nitrogens with zero attached hydrogens (tertiary/aromatic N) is 6. The van der Waals surface area contributed by atoms with Gasteiger partial charge in [0, 0.05) is 55.2 Å². The summed E-state index contributed by atoms with van der Waals surface area (Å²) in [4.78, 5) is 26.3. The number of rotatable bonds is 4. The van der Waals surface area contributed by atoms with Crippen molar-refractivity contribution in [3.63, 3.8) is 0 Å². The van der Waals surface area contributed by atoms with Gasteiger partial charge < -0.3 is 15.2 Å². The van der Waals surface area contributed by atoms with Crippen LogP contribution in [0.4, 0.5) is 5.95 Å². The van der Waals surface area contributed by atoms with Gasteiger partial charge in [0.05, 0.1) is 5.41 Å². The molecule has 148 valence electrons. The number of aromatic nitrogens is 6. The summed E-state index contributed by atoms with van der Waals surface area (Å²) in [6, 6.07) is 4.14. The molecule has 29 heavy (non-hydrogen) atoms. The molecular formula is C20H22N8O. The minimum absolute atomic E-state index is 0.172. The standard InChI is InChI=1S/C20H22N8O/c1-20(18(29)27(2)3)6-13(7-20)24-19-22-9-15-14(8-21-17(15)25-19)12-4-5-16-26-23-11-28(16)10-12/h4-5,8-11,13H,6-7H2,1-3H3,(H2,21,22,24,25)/t13-,20+. The molecule has 5 rings (SSSR count). The zero-order valence-corrected chi connectivity index (χ0v) is 16.5. The smallest absolute Gasteiger partial charge is 0.228 e. The molecule has 1 amide bonds. The van der Waals surface area contributed by atoms with Crippen LogP contribution in [0.15, 0.2) is 37.1 Å². The SMILES string of the molecule is CN(C)C(=O)[C@]1(C)C[C@H](Nc2ncc3c(-c4ccc5nncn5c4)c[nH]c3n2)C1. The monoisotopic (exact) mass is 390 g/mol. The number of nitrogens with one attached hydrogen (secondary N) is 2. The van der Waals surface area contributed by atoms with Gasteiger partial charge in [-0.05, 0) is 25.0 Å². The van der Waals surface area contributed by atoms with Gasteiger partial charge >= 0.3 is 0 Å². The number of fused-ring (bicyclic) bond motifs is 2. The van der Waals surface area contributed by atoms with Crippen molar-refractivity contribution in [3.05, 3.63) is 37.1 Å². The minimum atomic E-state index is -0.300. The Morgan fingerprint density at radius 2 is 2.17 bits per heavy atom. The van der Waals surface area contributed by atoms with E-state index in [9.17, 15) is 4.79 Å². The van der Waals surface area contributed by atoms with Crippen molar-refractivity contribution in [1.29, 1.82) is 0 Å². The fourth-order valence-corrected chi connectivity index (χ4v) is 4.23. The number of hydrogen-bond acceptors (Lipinski definition) is 6. The second kappa shape index (κ2) is 6.26. The van der Waals surface area contributed by atoms with Gasteiger partial charge in [-0.1, -0.05) is 6.92 Å². The molecule has 0 bridgehead atoms. The highest BCUT2D eigenvalue weighted by Crippen LogP contribution is 2.43. The third-order valence-electron chi connectivity index (χ3n) is 5.68. The van der Waals surface area contributed by atoms with Crippen LogP contribution in [0.5, 0.6) is 0 Å². The summed E-state index contributed by atoms with van der Waals surface area (Å²) in [6.07, 6.45) is 8.99. The van der Waals surface area contributed by atoms with Crippen LogP contribution in [0.25, 0.3) is 27.8 Å². The fraction of sp³-hybridized carbons (Fsp3) is 0.350. The predicted molar refractivity (Wildman–Crippen MR) is 109 cm³/mol. The van der Waals surface area contributed by atoms with Gasteiger partial charge in [-0.2, -0.15) is 4.98 Å². The first-order valence-electron chi connectivity index (χ1n) is 9.55. The highest BCUT2D eigenvalue weighted by atomic mass is 16.2. The Morgan fingerprint density at radius 1 is 1.34 bits per heavy atom. The Labute approximate surface area is 167 Å². The molecule has 1 aliphatic carbocycles. The summed E-state index contributed by atoms with van der Waals surface area (Å²) in [5.41, 5.74) is 3.33. The summed E-state index contributed by atoms with van der Waals surface area (Å²) < 4.78 is 1.88. The minimum Gasteiger partial charge on any atom is -0.351 e. The third kappa shape index (κ3) is 2.89. The van der Waals surface area contributed by atoms with Gasteiger partial charge in [0.25, 0.3) is 0 Å². The van der Waals surface area contributed by atoms with Crippen molar-refractivity contribution < 1.29 is 4.79 Å². The number of carbonyl (C=O) groups excluding carboxylic acids is 1. The zero-order valence-electron chi connectivity index (χ0n) is 16.5. The lowest BCUT2D eigenvalue weighted by atomic mass is 9.66. The highest BCUT2D eigenvalue weighted by molar-refractivity contribution is 5.93. The molecule has 0 aromatic carbocycles. The van der Waals surface area contributed by atoms with Crippen molar-refractivity contribution in [2.75, 3.05) is 19.4 Å². The van der Waals surface area contributed by atoms with E-state index in [4.69, 9.17) is 0 Å². The second-order valence-corrected chi connectivity index (χ2v) is 8.18. The van der Waals surface area contributed by atoms with Gasteiger partial charge in [-0.15, -0.1) is 10.2 Å². The molecule has 4 aromatic rings. The highest BCUT2D eigenvalue weighted by Gasteiger charge is 2.47. The molecule has 0 spiro atoms. The maximum Gasteiger partial charge on any atom is 0.228 e. The molecule has 0 aliphatic heterocycles. The molecule has 1 saturated carbocycles. The second-order valence-electron chi connectivity index (χ2n) is 8.18. The Balaban J connectivity index is 1.35. The summed E-state index contributed by atoms with van der Waals surface area (Å²) in [6.45, 7) is 2.02. The Kier molecular flexibility index (Phi) is 3.80. The topological polar surface area (TPSA) is 104 Å². The van der Waals surface area contributed by atoms with Crippen molar-refractivity contribution in [3.8, 4) is 11.1 Å². The quantitative estimate of drug-likeness (QED) is 0.554. The van der Waals surface area contributed by atoms with E-state index in [2.05, 4.69) is 30.5 Å². The number of aromatic amines is 1. The summed E-state index contributed by atoms with van der Waals surface area (Å²) >= 11 is 0. The summed E-state index contributed by atoms with van der Waals surface area (Å²) in [5.74, 6) is 0.746. The normalized spacial score (nSPS) is 21.3. The summed E-state index contributed by atoms with van der Waals surface area (Å²) in [5, 5.41) is 12.3. The molecule has 0 atom stereocenters. The Bertz CT molecular complexity index is 1220. The average molecular weight is 390 g/mol. The van der Waals surface area contributed by atoms with Crippen LogP contribution in [0.2, 0.25) is 0 Å². The molecule has 0 radical (unpaired) electrons. The first kappa shape index (κ1) is 17.6. The van der Waals surface area contributed by atoms with Crippen LogP contribution < -0.4 is 5.32 Å². The lowest BCUT2D eigenvalue weighted by molar-refractivity contribution is -0.143. The maximum atomic E-state index is 12.3. The number of carbonyl (C=O) groups is 1. The first-order valence-corrected chi connectivity index (χ1v) is 9.55. The van der Waals surface area contributed by atoms with Crippen LogP contribution in [0.3, 0.4) is 0 Å². The van der Waals surface area contributed by atoms with Gasteiger partial charge in [-0.25, -0.2) is 4.98 Å². The maximum absolute atomic E-state index is 12.3. The fourth-order valence-electron chi connectivity index (χ4n) is 4.23. The first-order chi connectivity index (χ1) is 13.9. The average Bonchev–Trinajstić information content (AvgIpc) is 3.31. The number of hydrogen-bond donors (Lipinski definition) is 2. The summed E-state index contributed by atoms with van der Waals surface area (Å²) in [7, 11) is 3.60. The van der Waals surface area contributed by atoms with Gasteiger partial charge in [0.2, 0.25) is 11.9 Å². The molecule has 4 aromatic heterocycles. The largest absolute Gasteiger partial charge is 0.351 e. The van der Waals surface area contributed by atoms with Gasteiger partial charge in [0.1, 0.15) is 12.0 Å². The molecule has 2 N–H and O–H groups in total. The van der Waals surface area contributed by atoms with Gasteiger partial charge in [0.15, 0.2) is 5.65 Å². The third-order valence-corrected chi connectivity index (χ3v) is 5.68. The van der Waals surface area contributed by atoms with Crippen LogP contribution in [0, 0.1) is 5.41 Å². The molecule has 1 fully saturated rings. The lowest BCUT2D eigenvalue weighted by Gasteiger charge is -2.45.